The summed E-state index contributed by atoms with van der Waals surface area (Å²) in [7, 11) is 0. The van der Waals surface area contributed by atoms with E-state index < -0.39 is 12.0 Å². The normalized spacial score (nSPS) is 12.8. The Hall–Kier alpha value is -0.580. The molecule has 66 valence electrons. The zero-order valence-corrected chi connectivity index (χ0v) is 7.73. The predicted octanol–water partition coefficient (Wildman–Crippen LogP) is 1.88. The molecule has 1 aromatic heterocycles. The van der Waals surface area contributed by atoms with Gasteiger partial charge in [-0.25, -0.2) is 0 Å². The molecule has 0 radical (unpaired) electrons. The van der Waals surface area contributed by atoms with Crippen molar-refractivity contribution in [2.45, 2.75) is 12.5 Å². The van der Waals surface area contributed by atoms with Gasteiger partial charge in [0, 0.05) is 4.88 Å². The molecule has 0 unspecified atom stereocenters. The number of nitrogens with two attached hydrogens (primary N) is 1. The van der Waals surface area contributed by atoms with Gasteiger partial charge in [0.15, 0.2) is 0 Å². The highest BCUT2D eigenvalue weighted by Crippen LogP contribution is 2.28. The molecule has 1 atom stereocenters. The van der Waals surface area contributed by atoms with Crippen molar-refractivity contribution in [3.8, 4) is 0 Å². The Balaban J connectivity index is 2.71. The zero-order chi connectivity index (χ0) is 9.14. The van der Waals surface area contributed by atoms with Crippen molar-refractivity contribution in [3.63, 3.8) is 0 Å². The fourth-order valence-electron chi connectivity index (χ4n) is 0.851. The van der Waals surface area contributed by atoms with E-state index in [9.17, 15) is 4.79 Å². The van der Waals surface area contributed by atoms with Crippen molar-refractivity contribution >= 4 is 28.9 Å². The minimum absolute atomic E-state index is 0.0831. The van der Waals surface area contributed by atoms with Crippen LogP contribution in [0.3, 0.4) is 0 Å². The summed E-state index contributed by atoms with van der Waals surface area (Å²) in [5, 5.41) is 10.8. The average molecular weight is 206 g/mol. The lowest BCUT2D eigenvalue weighted by molar-refractivity contribution is -0.137. The summed E-state index contributed by atoms with van der Waals surface area (Å²) in [4.78, 5) is 11.0. The highest BCUT2D eigenvalue weighted by atomic mass is 35.5. The summed E-state index contributed by atoms with van der Waals surface area (Å²) in [6.07, 6.45) is -0.0831. The smallest absolute Gasteiger partial charge is 0.305 e. The molecule has 0 fully saturated rings. The standard InChI is InChI=1S/C7H8ClNO2S/c8-4-1-2-12-7(4)5(9)3-6(10)11/h1-2,5H,3,9H2,(H,10,11)/t5-/m1/s1. The fraction of sp³-hybridized carbons (Fsp3) is 0.286. The van der Waals surface area contributed by atoms with Crippen LogP contribution in [0.5, 0.6) is 0 Å². The van der Waals surface area contributed by atoms with E-state index in [1.165, 1.54) is 11.3 Å². The van der Waals surface area contributed by atoms with Gasteiger partial charge in [-0.1, -0.05) is 11.6 Å². The van der Waals surface area contributed by atoms with E-state index in [1.807, 2.05) is 0 Å². The Morgan fingerprint density at radius 3 is 2.92 bits per heavy atom. The molecule has 0 aliphatic rings. The number of hydrogen-bond donors (Lipinski definition) is 2. The first kappa shape index (κ1) is 9.51. The Labute approximate surface area is 78.8 Å². The second-order valence-electron chi connectivity index (χ2n) is 2.34. The number of rotatable bonds is 3. The number of carboxylic acids is 1. The number of carbonyl (C=O) groups is 1. The van der Waals surface area contributed by atoms with E-state index in [0.29, 0.717) is 5.02 Å². The van der Waals surface area contributed by atoms with Crippen LogP contribution in [0.15, 0.2) is 11.4 Å². The third-order valence-corrected chi connectivity index (χ3v) is 2.87. The molecule has 0 bridgehead atoms. The van der Waals surface area contributed by atoms with E-state index >= 15 is 0 Å². The predicted molar refractivity (Wildman–Crippen MR) is 48.5 cm³/mol. The number of aliphatic carboxylic acids is 1. The fourth-order valence-corrected chi connectivity index (χ4v) is 2.05. The number of thiophene rings is 1. The summed E-state index contributed by atoms with van der Waals surface area (Å²) >= 11 is 7.13. The summed E-state index contributed by atoms with van der Waals surface area (Å²) < 4.78 is 0. The molecule has 0 aliphatic carbocycles. The van der Waals surface area contributed by atoms with Gasteiger partial charge in [0.2, 0.25) is 0 Å². The van der Waals surface area contributed by atoms with E-state index in [-0.39, 0.29) is 6.42 Å². The first-order chi connectivity index (χ1) is 5.61. The van der Waals surface area contributed by atoms with Gasteiger partial charge in [-0.2, -0.15) is 0 Å². The maximum absolute atomic E-state index is 10.3. The molecule has 12 heavy (non-hydrogen) atoms. The zero-order valence-electron chi connectivity index (χ0n) is 6.16. The van der Waals surface area contributed by atoms with Crippen LogP contribution in [0.2, 0.25) is 5.02 Å². The molecule has 0 saturated heterocycles. The van der Waals surface area contributed by atoms with Crippen LogP contribution in [-0.2, 0) is 4.79 Å². The first-order valence-corrected chi connectivity index (χ1v) is 4.57. The van der Waals surface area contributed by atoms with Crippen LogP contribution in [0, 0.1) is 0 Å². The van der Waals surface area contributed by atoms with Gasteiger partial charge in [0.1, 0.15) is 0 Å². The Kier molecular flexibility index (Phi) is 3.08. The molecule has 0 aliphatic heterocycles. The molecular formula is C7H8ClNO2S. The van der Waals surface area contributed by atoms with Crippen LogP contribution >= 0.6 is 22.9 Å². The van der Waals surface area contributed by atoms with Gasteiger partial charge >= 0.3 is 5.97 Å². The molecule has 5 heteroatoms. The summed E-state index contributed by atoms with van der Waals surface area (Å²) in [6, 6.07) is 1.22. The quantitative estimate of drug-likeness (QED) is 0.792. The lowest BCUT2D eigenvalue weighted by Gasteiger charge is -2.05. The molecule has 3 nitrogen and oxygen atoms in total. The molecule has 1 aromatic rings. The van der Waals surface area contributed by atoms with Crippen molar-refractivity contribution in [1.29, 1.82) is 0 Å². The maximum atomic E-state index is 10.3. The third-order valence-electron chi connectivity index (χ3n) is 1.38. The molecule has 0 aromatic carbocycles. The van der Waals surface area contributed by atoms with E-state index in [2.05, 4.69) is 0 Å². The Morgan fingerprint density at radius 1 is 1.83 bits per heavy atom. The van der Waals surface area contributed by atoms with Gasteiger partial charge in [0.05, 0.1) is 17.5 Å². The summed E-state index contributed by atoms with van der Waals surface area (Å²) in [5.41, 5.74) is 5.59. The minimum Gasteiger partial charge on any atom is -0.481 e. The van der Waals surface area contributed by atoms with Crippen LogP contribution < -0.4 is 5.73 Å². The monoisotopic (exact) mass is 205 g/mol. The topological polar surface area (TPSA) is 63.3 Å². The summed E-state index contributed by atoms with van der Waals surface area (Å²) in [5.74, 6) is -0.910. The molecular weight excluding hydrogens is 198 g/mol. The van der Waals surface area contributed by atoms with Crippen LogP contribution in [0.25, 0.3) is 0 Å². The lowest BCUT2D eigenvalue weighted by atomic mass is 10.2. The van der Waals surface area contributed by atoms with Crippen LogP contribution in [-0.4, -0.2) is 11.1 Å². The van der Waals surface area contributed by atoms with Gasteiger partial charge in [-0.05, 0) is 11.4 Å². The summed E-state index contributed by atoms with van der Waals surface area (Å²) in [6.45, 7) is 0. The second-order valence-corrected chi connectivity index (χ2v) is 3.69. The molecule has 1 rings (SSSR count). The number of hydrogen-bond acceptors (Lipinski definition) is 3. The van der Waals surface area contributed by atoms with Crippen LogP contribution in [0.4, 0.5) is 0 Å². The number of carboxylic acid groups (broad SMARTS) is 1. The van der Waals surface area contributed by atoms with Crippen molar-refractivity contribution < 1.29 is 9.90 Å². The Morgan fingerprint density at radius 2 is 2.50 bits per heavy atom. The van der Waals surface area contributed by atoms with Crippen molar-refractivity contribution in [1.82, 2.24) is 0 Å². The first-order valence-electron chi connectivity index (χ1n) is 3.31. The van der Waals surface area contributed by atoms with Gasteiger partial charge in [-0.15, -0.1) is 11.3 Å². The highest BCUT2D eigenvalue weighted by Gasteiger charge is 2.14. The van der Waals surface area contributed by atoms with Crippen molar-refractivity contribution in [2.24, 2.45) is 5.73 Å². The van der Waals surface area contributed by atoms with Crippen LogP contribution in [0.1, 0.15) is 17.3 Å². The second kappa shape index (κ2) is 3.89. The molecule has 0 saturated carbocycles. The largest absolute Gasteiger partial charge is 0.481 e. The maximum Gasteiger partial charge on any atom is 0.305 e. The molecule has 0 amide bonds. The molecule has 1 heterocycles. The van der Waals surface area contributed by atoms with Gasteiger partial charge in [-0.3, -0.25) is 4.79 Å². The Bertz CT molecular complexity index is 287. The SMILES string of the molecule is N[C@H](CC(=O)O)c1sccc1Cl. The van der Waals surface area contributed by atoms with E-state index in [4.69, 9.17) is 22.4 Å². The van der Waals surface area contributed by atoms with Crippen molar-refractivity contribution in [2.75, 3.05) is 0 Å². The lowest BCUT2D eigenvalue weighted by Crippen LogP contribution is -2.13. The number of halogens is 1. The van der Waals surface area contributed by atoms with Gasteiger partial charge < -0.3 is 10.8 Å². The van der Waals surface area contributed by atoms with E-state index in [0.717, 1.165) is 4.88 Å². The third kappa shape index (κ3) is 2.20. The highest BCUT2D eigenvalue weighted by molar-refractivity contribution is 7.10. The minimum atomic E-state index is -0.910. The molecule has 0 spiro atoms. The van der Waals surface area contributed by atoms with Crippen molar-refractivity contribution in [3.05, 3.63) is 21.3 Å². The molecule has 3 N–H and O–H groups in total. The van der Waals surface area contributed by atoms with E-state index in [1.54, 1.807) is 11.4 Å². The van der Waals surface area contributed by atoms with Gasteiger partial charge in [0.25, 0.3) is 0 Å². The average Bonchev–Trinajstić information content (AvgIpc) is 2.33.